The van der Waals surface area contributed by atoms with E-state index in [1.807, 2.05) is 42.6 Å². The molecule has 0 amide bonds. The van der Waals surface area contributed by atoms with Gasteiger partial charge in [0.25, 0.3) is 0 Å². The SMILES string of the molecule is Cc1c(-c2cccc(Cl)c2)nc2cc(CN)ccn12. The molecule has 19 heavy (non-hydrogen) atoms. The van der Waals surface area contributed by atoms with Crippen LogP contribution in [0, 0.1) is 6.92 Å². The first-order valence-electron chi connectivity index (χ1n) is 6.12. The van der Waals surface area contributed by atoms with E-state index in [1.165, 1.54) is 0 Å². The second-order valence-electron chi connectivity index (χ2n) is 4.52. The Morgan fingerprint density at radius 1 is 1.26 bits per heavy atom. The Morgan fingerprint density at radius 2 is 2.11 bits per heavy atom. The summed E-state index contributed by atoms with van der Waals surface area (Å²) >= 11 is 6.04. The maximum absolute atomic E-state index is 6.04. The van der Waals surface area contributed by atoms with Crippen LogP contribution < -0.4 is 5.73 Å². The molecular formula is C15H14ClN3. The van der Waals surface area contributed by atoms with Crippen molar-refractivity contribution in [3.63, 3.8) is 0 Å². The number of fused-ring (bicyclic) bond motifs is 1. The molecule has 3 aromatic rings. The van der Waals surface area contributed by atoms with Gasteiger partial charge in [0, 0.05) is 29.0 Å². The van der Waals surface area contributed by atoms with Gasteiger partial charge in [-0.25, -0.2) is 4.98 Å². The van der Waals surface area contributed by atoms with Crippen LogP contribution in [0.15, 0.2) is 42.6 Å². The molecule has 2 aromatic heterocycles. The van der Waals surface area contributed by atoms with Crippen molar-refractivity contribution in [2.75, 3.05) is 0 Å². The molecule has 3 rings (SSSR count). The maximum atomic E-state index is 6.04. The molecule has 4 heteroatoms. The minimum absolute atomic E-state index is 0.523. The second-order valence-corrected chi connectivity index (χ2v) is 4.96. The highest BCUT2D eigenvalue weighted by atomic mass is 35.5. The third-order valence-corrected chi connectivity index (χ3v) is 3.50. The molecule has 0 fully saturated rings. The lowest BCUT2D eigenvalue weighted by Gasteiger charge is -2.00. The van der Waals surface area contributed by atoms with Crippen molar-refractivity contribution in [2.45, 2.75) is 13.5 Å². The van der Waals surface area contributed by atoms with Crippen molar-refractivity contribution in [2.24, 2.45) is 5.73 Å². The van der Waals surface area contributed by atoms with Crippen LogP contribution in [0.1, 0.15) is 11.3 Å². The third-order valence-electron chi connectivity index (χ3n) is 3.26. The van der Waals surface area contributed by atoms with E-state index < -0.39 is 0 Å². The van der Waals surface area contributed by atoms with Crippen LogP contribution in [0.4, 0.5) is 0 Å². The fraction of sp³-hybridized carbons (Fsp3) is 0.133. The smallest absolute Gasteiger partial charge is 0.137 e. The van der Waals surface area contributed by atoms with Crippen molar-refractivity contribution < 1.29 is 0 Å². The van der Waals surface area contributed by atoms with Crippen molar-refractivity contribution in [3.8, 4) is 11.3 Å². The summed E-state index contributed by atoms with van der Waals surface area (Å²) in [5.74, 6) is 0. The first kappa shape index (κ1) is 12.2. The molecule has 0 aliphatic carbocycles. The highest BCUT2D eigenvalue weighted by molar-refractivity contribution is 6.30. The lowest BCUT2D eigenvalue weighted by Crippen LogP contribution is -1.97. The summed E-state index contributed by atoms with van der Waals surface area (Å²) in [6.45, 7) is 2.58. The minimum atomic E-state index is 0.523. The third kappa shape index (κ3) is 2.11. The number of hydrogen-bond acceptors (Lipinski definition) is 2. The molecule has 0 atom stereocenters. The summed E-state index contributed by atoms with van der Waals surface area (Å²) in [5, 5.41) is 0.719. The molecule has 3 nitrogen and oxygen atoms in total. The summed E-state index contributed by atoms with van der Waals surface area (Å²) < 4.78 is 2.06. The summed E-state index contributed by atoms with van der Waals surface area (Å²) in [7, 11) is 0. The average Bonchev–Trinajstić information content (AvgIpc) is 2.75. The molecule has 0 aliphatic heterocycles. The molecule has 0 unspecified atom stereocenters. The average molecular weight is 272 g/mol. The van der Waals surface area contributed by atoms with Gasteiger partial charge in [-0.3, -0.25) is 0 Å². The van der Waals surface area contributed by atoms with Crippen LogP contribution in [-0.4, -0.2) is 9.38 Å². The zero-order valence-corrected chi connectivity index (χ0v) is 11.4. The van der Waals surface area contributed by atoms with Crippen LogP contribution in [0.5, 0.6) is 0 Å². The van der Waals surface area contributed by atoms with Gasteiger partial charge in [0.2, 0.25) is 0 Å². The molecule has 1 aromatic carbocycles. The molecule has 0 saturated heterocycles. The van der Waals surface area contributed by atoms with Gasteiger partial charge in [-0.15, -0.1) is 0 Å². The summed E-state index contributed by atoms with van der Waals surface area (Å²) in [6.07, 6.45) is 2.01. The Morgan fingerprint density at radius 3 is 2.84 bits per heavy atom. The molecule has 0 saturated carbocycles. The van der Waals surface area contributed by atoms with E-state index in [0.29, 0.717) is 6.54 Å². The Bertz CT molecular complexity index is 746. The Hall–Kier alpha value is -1.84. The number of hydrogen-bond donors (Lipinski definition) is 1. The molecule has 96 valence electrons. The van der Waals surface area contributed by atoms with E-state index in [4.69, 9.17) is 17.3 Å². The number of nitrogens with zero attached hydrogens (tertiary/aromatic N) is 2. The first-order valence-corrected chi connectivity index (χ1v) is 6.50. The van der Waals surface area contributed by atoms with E-state index in [9.17, 15) is 0 Å². The monoisotopic (exact) mass is 271 g/mol. The lowest BCUT2D eigenvalue weighted by molar-refractivity contribution is 1.04. The van der Waals surface area contributed by atoms with Gasteiger partial charge < -0.3 is 10.1 Å². The lowest BCUT2D eigenvalue weighted by atomic mass is 10.1. The van der Waals surface area contributed by atoms with Gasteiger partial charge in [0.1, 0.15) is 5.65 Å². The predicted octanol–water partition coefficient (Wildman–Crippen LogP) is 3.42. The quantitative estimate of drug-likeness (QED) is 0.776. The molecule has 0 aliphatic rings. The largest absolute Gasteiger partial charge is 0.326 e. The zero-order valence-electron chi connectivity index (χ0n) is 10.6. The van der Waals surface area contributed by atoms with Gasteiger partial charge in [-0.1, -0.05) is 23.7 Å². The highest BCUT2D eigenvalue weighted by Crippen LogP contribution is 2.26. The van der Waals surface area contributed by atoms with E-state index in [1.54, 1.807) is 0 Å². The van der Waals surface area contributed by atoms with Gasteiger partial charge in [-0.2, -0.15) is 0 Å². The van der Waals surface area contributed by atoms with Crippen molar-refractivity contribution in [1.29, 1.82) is 0 Å². The molecular weight excluding hydrogens is 258 g/mol. The van der Waals surface area contributed by atoms with Gasteiger partial charge >= 0.3 is 0 Å². The number of aromatic nitrogens is 2. The second kappa shape index (κ2) is 4.68. The Kier molecular flexibility index (Phi) is 3.01. The number of benzene rings is 1. The van der Waals surface area contributed by atoms with Crippen molar-refractivity contribution in [3.05, 3.63) is 58.9 Å². The topological polar surface area (TPSA) is 43.3 Å². The Labute approximate surface area is 116 Å². The minimum Gasteiger partial charge on any atom is -0.326 e. The fourth-order valence-corrected chi connectivity index (χ4v) is 2.44. The molecule has 0 radical (unpaired) electrons. The van der Waals surface area contributed by atoms with Crippen LogP contribution in [0.25, 0.3) is 16.9 Å². The number of pyridine rings is 1. The van der Waals surface area contributed by atoms with Crippen LogP contribution in [0.2, 0.25) is 5.02 Å². The molecule has 2 N–H and O–H groups in total. The van der Waals surface area contributed by atoms with Gasteiger partial charge in [0.05, 0.1) is 5.69 Å². The fourth-order valence-electron chi connectivity index (χ4n) is 2.25. The molecule has 0 spiro atoms. The van der Waals surface area contributed by atoms with Crippen molar-refractivity contribution in [1.82, 2.24) is 9.38 Å². The summed E-state index contributed by atoms with van der Waals surface area (Å²) in [5.41, 5.74) is 10.7. The first-order chi connectivity index (χ1) is 9.19. The summed E-state index contributed by atoms with van der Waals surface area (Å²) in [4.78, 5) is 4.68. The Balaban J connectivity index is 2.22. The van der Waals surface area contributed by atoms with E-state index in [2.05, 4.69) is 16.3 Å². The number of nitrogens with two attached hydrogens (primary N) is 1. The van der Waals surface area contributed by atoms with E-state index >= 15 is 0 Å². The number of aryl methyl sites for hydroxylation is 1. The van der Waals surface area contributed by atoms with Crippen LogP contribution in [0.3, 0.4) is 0 Å². The molecule has 0 bridgehead atoms. The van der Waals surface area contributed by atoms with Crippen molar-refractivity contribution >= 4 is 17.2 Å². The van der Waals surface area contributed by atoms with Gasteiger partial charge in [0.15, 0.2) is 0 Å². The normalized spacial score (nSPS) is 11.1. The maximum Gasteiger partial charge on any atom is 0.137 e. The molecule has 2 heterocycles. The number of imidazole rings is 1. The predicted molar refractivity (Wildman–Crippen MR) is 78.3 cm³/mol. The zero-order chi connectivity index (χ0) is 13.4. The van der Waals surface area contributed by atoms with E-state index in [-0.39, 0.29) is 0 Å². The number of rotatable bonds is 2. The van der Waals surface area contributed by atoms with Crippen LogP contribution >= 0.6 is 11.6 Å². The van der Waals surface area contributed by atoms with E-state index in [0.717, 1.165) is 33.2 Å². The summed E-state index contributed by atoms with van der Waals surface area (Å²) in [6, 6.07) is 11.8. The van der Waals surface area contributed by atoms with Gasteiger partial charge in [-0.05, 0) is 36.8 Å². The highest BCUT2D eigenvalue weighted by Gasteiger charge is 2.10. The number of halogens is 1. The standard InChI is InChI=1S/C15H14ClN3/c1-10-15(12-3-2-4-13(16)8-12)18-14-7-11(9-17)5-6-19(10)14/h2-8H,9,17H2,1H3. The van der Waals surface area contributed by atoms with Crippen LogP contribution in [-0.2, 0) is 6.54 Å².